The van der Waals surface area contributed by atoms with Crippen molar-refractivity contribution >= 4 is 23.9 Å². The highest BCUT2D eigenvalue weighted by Gasteiger charge is 2.55. The van der Waals surface area contributed by atoms with Gasteiger partial charge in [0.2, 0.25) is 11.2 Å². The van der Waals surface area contributed by atoms with E-state index in [2.05, 4.69) is 12.2 Å². The van der Waals surface area contributed by atoms with Gasteiger partial charge in [-0.05, 0) is 39.2 Å². The Morgan fingerprint density at radius 1 is 1.10 bits per heavy atom. The molecule has 13 heteroatoms. The molecule has 0 aliphatic carbocycles. The van der Waals surface area contributed by atoms with Crippen molar-refractivity contribution in [2.75, 3.05) is 20.3 Å². The molecule has 2 aromatic rings. The second kappa shape index (κ2) is 15.3. The predicted octanol–water partition coefficient (Wildman–Crippen LogP) is 6.31. The molecule has 2 aliphatic heterocycles. The fourth-order valence-electron chi connectivity index (χ4n) is 6.64. The van der Waals surface area contributed by atoms with Crippen molar-refractivity contribution in [3.63, 3.8) is 0 Å². The summed E-state index contributed by atoms with van der Waals surface area (Å²) in [6, 6.07) is 2.66. The van der Waals surface area contributed by atoms with Crippen LogP contribution in [0.1, 0.15) is 112 Å². The Hall–Kier alpha value is -4.29. The number of rotatable bonds is 13. The lowest BCUT2D eigenvalue weighted by Gasteiger charge is -2.52. The number of methoxy groups -OCH3 is 1. The van der Waals surface area contributed by atoms with Gasteiger partial charge in [0.15, 0.2) is 11.6 Å². The number of hydrogen-bond donors (Lipinski definition) is 2. The van der Waals surface area contributed by atoms with Crippen molar-refractivity contribution in [2.45, 2.75) is 104 Å². The normalized spacial score (nSPS) is 21.6. The molecular weight excluding hydrogens is 626 g/mol. The second-order valence-corrected chi connectivity index (χ2v) is 13.3. The Morgan fingerprint density at radius 3 is 2.50 bits per heavy atom. The van der Waals surface area contributed by atoms with E-state index in [4.69, 9.17) is 19.6 Å². The predicted molar refractivity (Wildman–Crippen MR) is 174 cm³/mol. The van der Waals surface area contributed by atoms with Gasteiger partial charge in [-0.25, -0.2) is 13.6 Å². The van der Waals surface area contributed by atoms with Crippen molar-refractivity contribution in [2.24, 2.45) is 5.41 Å². The maximum atomic E-state index is 14.3. The summed E-state index contributed by atoms with van der Waals surface area (Å²) in [4.78, 5) is 56.3. The van der Waals surface area contributed by atoms with E-state index in [1.54, 1.807) is 4.90 Å². The van der Waals surface area contributed by atoms with Crippen molar-refractivity contribution in [1.29, 1.82) is 5.41 Å². The summed E-state index contributed by atoms with van der Waals surface area (Å²) in [6.07, 6.45) is 7.12. The molecule has 3 heterocycles. The number of aromatic nitrogens is 1. The zero-order chi connectivity index (χ0) is 35.2. The summed E-state index contributed by atoms with van der Waals surface area (Å²) >= 11 is 0. The molecule has 0 saturated carbocycles. The third-order valence-corrected chi connectivity index (χ3v) is 9.98. The summed E-state index contributed by atoms with van der Waals surface area (Å²) in [7, 11) is 1.41. The van der Waals surface area contributed by atoms with E-state index in [0.717, 1.165) is 38.2 Å². The molecular formula is C35H46F2N4O7. The molecule has 2 N–H and O–H groups in total. The summed E-state index contributed by atoms with van der Waals surface area (Å²) in [5.41, 5.74) is -3.45. The monoisotopic (exact) mass is 672 g/mol. The molecule has 1 saturated heterocycles. The zero-order valence-corrected chi connectivity index (χ0v) is 28.4. The third kappa shape index (κ3) is 7.55. The van der Waals surface area contributed by atoms with Crippen molar-refractivity contribution < 1.29 is 37.4 Å². The first-order valence-corrected chi connectivity index (χ1v) is 16.6. The lowest BCUT2D eigenvalue weighted by Crippen LogP contribution is -2.60. The molecule has 0 radical (unpaired) electrons. The lowest BCUT2D eigenvalue weighted by molar-refractivity contribution is 0.0205. The van der Waals surface area contributed by atoms with Crippen molar-refractivity contribution in [3.05, 3.63) is 63.1 Å². The van der Waals surface area contributed by atoms with E-state index in [0.29, 0.717) is 25.3 Å². The average Bonchev–Trinajstić information content (AvgIpc) is 3.13. The molecule has 4 rings (SSSR count). The molecule has 1 aromatic carbocycles. The van der Waals surface area contributed by atoms with Crippen LogP contribution >= 0.6 is 0 Å². The number of pyridine rings is 1. The minimum Gasteiger partial charge on any atom is -0.484 e. The Morgan fingerprint density at radius 2 is 1.81 bits per heavy atom. The molecule has 2 amide bonds. The van der Waals surface area contributed by atoms with E-state index in [-0.39, 0.29) is 49.3 Å². The quantitative estimate of drug-likeness (QED) is 0.110. The van der Waals surface area contributed by atoms with Gasteiger partial charge in [0, 0.05) is 48.8 Å². The highest BCUT2D eigenvalue weighted by atomic mass is 19.1. The first-order chi connectivity index (χ1) is 22.8. The van der Waals surface area contributed by atoms with Gasteiger partial charge in [-0.1, -0.05) is 52.0 Å². The first-order valence-electron chi connectivity index (χ1n) is 16.6. The fraction of sp³-hybridized carbons (Fsp3) is 0.571. The number of carbonyl (C=O) groups is 3. The van der Waals surface area contributed by atoms with E-state index in [1.165, 1.54) is 23.9 Å². The Bertz CT molecular complexity index is 1610. The Kier molecular flexibility index (Phi) is 11.6. The highest BCUT2D eigenvalue weighted by molar-refractivity contribution is 6.00. The number of benzene rings is 1. The number of hydrogen-bond acceptors (Lipinski definition) is 8. The number of amides is 2. The topological polar surface area (TPSA) is 140 Å². The van der Waals surface area contributed by atoms with Gasteiger partial charge in [0.25, 0.3) is 11.8 Å². The molecule has 2 aliphatic rings. The number of nitrogens with zero attached hydrogens (tertiary/aromatic N) is 2. The maximum Gasteiger partial charge on any atom is 0.514 e. The van der Waals surface area contributed by atoms with Gasteiger partial charge in [-0.2, -0.15) is 0 Å². The molecule has 3 atom stereocenters. The lowest BCUT2D eigenvalue weighted by atomic mass is 9.66. The van der Waals surface area contributed by atoms with Crippen LogP contribution in [0.4, 0.5) is 13.6 Å². The van der Waals surface area contributed by atoms with Gasteiger partial charge in [0.05, 0.1) is 19.3 Å². The Balaban J connectivity index is 1.77. The van der Waals surface area contributed by atoms with E-state index >= 15 is 0 Å². The standard InChI is InChI=1S/C35H46F2N4O7/c1-6-7-8-9-10-11-16-47-33(45)48-30-28-32(44)40-21-35(4,34(3,15-14-22(40)2)18-27(38)46-5)41(28)20-25(29(30)42)31(43)39-19-23-12-13-24(36)17-26(23)37/h12-13,17,20,22,38H,6-11,14-16,18-19,21H2,1-5H3,(H,39,43)/t22-,34+,35+/m0/s1. The molecule has 1 fully saturated rings. The van der Waals surface area contributed by atoms with Crippen LogP contribution in [0, 0.1) is 22.5 Å². The summed E-state index contributed by atoms with van der Waals surface area (Å²) in [6.45, 7) is 7.70. The van der Waals surface area contributed by atoms with Crippen LogP contribution in [0.3, 0.4) is 0 Å². The van der Waals surface area contributed by atoms with Gasteiger partial charge >= 0.3 is 6.16 Å². The SMILES string of the molecule is CCCCCCCCOC(=O)Oc1c2n(cc(C(=O)NCc3ccc(F)cc3F)c1=O)[C@]1(C)CN(C2=O)[C@@H](C)CC[C@]1(C)CC(=N)OC. The molecule has 1 aromatic heterocycles. The van der Waals surface area contributed by atoms with E-state index in [1.807, 2.05) is 20.8 Å². The number of ether oxygens (including phenoxy) is 3. The van der Waals surface area contributed by atoms with Crippen LogP contribution < -0.4 is 15.5 Å². The summed E-state index contributed by atoms with van der Waals surface area (Å²) < 4.78 is 45.3. The number of unbranched alkanes of at least 4 members (excludes halogenated alkanes) is 5. The van der Waals surface area contributed by atoms with Gasteiger partial charge in [-0.15, -0.1) is 0 Å². The van der Waals surface area contributed by atoms with Crippen molar-refractivity contribution in [1.82, 2.24) is 14.8 Å². The number of halogens is 2. The van der Waals surface area contributed by atoms with Crippen LogP contribution in [0.2, 0.25) is 0 Å². The summed E-state index contributed by atoms with van der Waals surface area (Å²) in [5.74, 6) is -3.76. The van der Waals surface area contributed by atoms with Crippen LogP contribution in [0.25, 0.3) is 0 Å². The maximum absolute atomic E-state index is 14.3. The largest absolute Gasteiger partial charge is 0.514 e. The Labute approximate surface area is 279 Å². The minimum absolute atomic E-state index is 0.0150. The minimum atomic E-state index is -1.19. The third-order valence-electron chi connectivity index (χ3n) is 9.98. The molecule has 262 valence electrons. The molecule has 2 bridgehead atoms. The van der Waals surface area contributed by atoms with E-state index in [9.17, 15) is 28.0 Å². The molecule has 0 unspecified atom stereocenters. The number of nitrogens with one attached hydrogen (secondary N) is 2. The van der Waals surface area contributed by atoms with Gasteiger partial charge in [-0.3, -0.25) is 19.8 Å². The summed E-state index contributed by atoms with van der Waals surface area (Å²) in [5, 5.41) is 10.9. The van der Waals surface area contributed by atoms with Gasteiger partial charge in [0.1, 0.15) is 17.2 Å². The van der Waals surface area contributed by atoms with Crippen LogP contribution in [0.15, 0.2) is 29.2 Å². The number of fused-ring (bicyclic) bond motifs is 4. The first kappa shape index (κ1) is 36.5. The second-order valence-electron chi connectivity index (χ2n) is 13.3. The van der Waals surface area contributed by atoms with E-state index < -0.39 is 57.3 Å². The molecule has 48 heavy (non-hydrogen) atoms. The number of carbonyl (C=O) groups excluding carboxylic acids is 3. The fourth-order valence-corrected chi connectivity index (χ4v) is 6.64. The average molecular weight is 673 g/mol. The molecule has 0 spiro atoms. The van der Waals surface area contributed by atoms with Crippen LogP contribution in [-0.4, -0.2) is 59.6 Å². The smallest absolute Gasteiger partial charge is 0.484 e. The highest BCUT2D eigenvalue weighted by Crippen LogP contribution is 2.51. The van der Waals surface area contributed by atoms with Crippen LogP contribution in [-0.2, 0) is 21.6 Å². The zero-order valence-electron chi connectivity index (χ0n) is 28.4. The van der Waals surface area contributed by atoms with Gasteiger partial charge < -0.3 is 29.0 Å². The van der Waals surface area contributed by atoms with Crippen molar-refractivity contribution in [3.8, 4) is 5.75 Å². The molecule has 11 nitrogen and oxygen atoms in total. The van der Waals surface area contributed by atoms with Crippen LogP contribution in [0.5, 0.6) is 5.75 Å².